The van der Waals surface area contributed by atoms with Crippen molar-refractivity contribution in [2.24, 2.45) is 5.92 Å². The van der Waals surface area contributed by atoms with Gasteiger partial charge < -0.3 is 9.47 Å². The van der Waals surface area contributed by atoms with Crippen LogP contribution < -0.4 is 4.72 Å². The molecule has 0 aliphatic carbocycles. The molecule has 1 aliphatic heterocycles. The molecule has 1 aliphatic rings. The molecule has 22 heavy (non-hydrogen) atoms. The molecular weight excluding hydrogens is 306 g/mol. The fraction of sp³-hybridized carbons (Fsp3) is 0.533. The number of esters is 1. The Kier molecular flexibility index (Phi) is 5.93. The normalized spacial score (nSPS) is 18.9. The molecule has 1 aromatic carbocycles. The van der Waals surface area contributed by atoms with Crippen molar-refractivity contribution in [2.45, 2.75) is 24.7 Å². The minimum atomic E-state index is -3.57. The van der Waals surface area contributed by atoms with E-state index in [1.54, 1.807) is 6.92 Å². The van der Waals surface area contributed by atoms with Gasteiger partial charge in [0.25, 0.3) is 0 Å². The second-order valence-corrected chi connectivity index (χ2v) is 6.95. The summed E-state index contributed by atoms with van der Waals surface area (Å²) in [7, 11) is -3.57. The van der Waals surface area contributed by atoms with Gasteiger partial charge in [-0.2, -0.15) is 0 Å². The van der Waals surface area contributed by atoms with Crippen LogP contribution in [-0.4, -0.2) is 40.8 Å². The summed E-state index contributed by atoms with van der Waals surface area (Å²) in [6, 6.07) is 5.73. The Hall–Kier alpha value is -1.44. The van der Waals surface area contributed by atoms with Gasteiger partial charge in [0.1, 0.15) is 0 Å². The van der Waals surface area contributed by atoms with Crippen molar-refractivity contribution in [2.75, 3.05) is 26.4 Å². The van der Waals surface area contributed by atoms with Crippen LogP contribution in [0.1, 0.15) is 30.1 Å². The van der Waals surface area contributed by atoms with Crippen LogP contribution in [0.4, 0.5) is 0 Å². The number of hydrogen-bond acceptors (Lipinski definition) is 5. The Morgan fingerprint density at radius 1 is 1.36 bits per heavy atom. The molecule has 0 bridgehead atoms. The lowest BCUT2D eigenvalue weighted by molar-refractivity contribution is 0.0526. The fourth-order valence-corrected chi connectivity index (χ4v) is 3.38. The van der Waals surface area contributed by atoms with Crippen LogP contribution in [0.5, 0.6) is 0 Å². The molecule has 122 valence electrons. The highest BCUT2D eigenvalue weighted by molar-refractivity contribution is 7.89. The van der Waals surface area contributed by atoms with E-state index < -0.39 is 16.0 Å². The van der Waals surface area contributed by atoms with Crippen molar-refractivity contribution in [1.29, 1.82) is 0 Å². The van der Waals surface area contributed by atoms with E-state index in [1.165, 1.54) is 24.3 Å². The smallest absolute Gasteiger partial charge is 0.338 e. The fourth-order valence-electron chi connectivity index (χ4n) is 2.26. The zero-order valence-electron chi connectivity index (χ0n) is 12.6. The molecule has 0 spiro atoms. The van der Waals surface area contributed by atoms with Crippen LogP contribution in [0.3, 0.4) is 0 Å². The summed E-state index contributed by atoms with van der Waals surface area (Å²) in [6.07, 6.45) is 1.92. The van der Waals surface area contributed by atoms with Crippen molar-refractivity contribution in [3.63, 3.8) is 0 Å². The molecule has 1 unspecified atom stereocenters. The first-order valence-corrected chi connectivity index (χ1v) is 8.86. The topological polar surface area (TPSA) is 81.7 Å². The van der Waals surface area contributed by atoms with Crippen LogP contribution in [0.25, 0.3) is 0 Å². The summed E-state index contributed by atoms with van der Waals surface area (Å²) in [5.74, 6) is -0.249. The van der Waals surface area contributed by atoms with E-state index in [-0.39, 0.29) is 17.4 Å². The number of benzene rings is 1. The highest BCUT2D eigenvalue weighted by atomic mass is 32.2. The summed E-state index contributed by atoms with van der Waals surface area (Å²) < 4.78 is 37.2. The molecule has 0 saturated carbocycles. The maximum Gasteiger partial charge on any atom is 0.338 e. The molecule has 1 heterocycles. The van der Waals surface area contributed by atoms with Gasteiger partial charge in [-0.1, -0.05) is 0 Å². The quantitative estimate of drug-likeness (QED) is 0.802. The number of ether oxygens (including phenoxy) is 2. The van der Waals surface area contributed by atoms with Gasteiger partial charge in [-0.25, -0.2) is 17.9 Å². The second kappa shape index (κ2) is 7.71. The molecule has 1 N–H and O–H groups in total. The predicted octanol–water partition coefficient (Wildman–Crippen LogP) is 1.57. The van der Waals surface area contributed by atoms with E-state index in [0.29, 0.717) is 18.7 Å². The first-order chi connectivity index (χ1) is 10.5. The van der Waals surface area contributed by atoms with Crippen LogP contribution >= 0.6 is 0 Å². The maximum atomic E-state index is 12.2. The molecule has 7 heteroatoms. The first-order valence-electron chi connectivity index (χ1n) is 7.37. The van der Waals surface area contributed by atoms with E-state index in [1.807, 2.05) is 0 Å². The minimum absolute atomic E-state index is 0.136. The zero-order valence-corrected chi connectivity index (χ0v) is 13.4. The standard InChI is InChI=1S/C15H21NO5S/c1-2-21-15(17)13-5-7-14(8-6-13)22(18,19)16-10-12-4-3-9-20-11-12/h5-8,12,16H,2-4,9-11H2,1H3. The first kappa shape index (κ1) is 16.9. The Morgan fingerprint density at radius 3 is 2.68 bits per heavy atom. The lowest BCUT2D eigenvalue weighted by Gasteiger charge is -2.22. The summed E-state index contributed by atoms with van der Waals surface area (Å²) in [6.45, 7) is 3.70. The lowest BCUT2D eigenvalue weighted by Crippen LogP contribution is -2.33. The zero-order chi connectivity index (χ0) is 16.0. The van der Waals surface area contributed by atoms with Crippen LogP contribution in [0.15, 0.2) is 29.2 Å². The summed E-state index contributed by atoms with van der Waals surface area (Å²) in [4.78, 5) is 11.7. The van der Waals surface area contributed by atoms with Gasteiger partial charge in [0.15, 0.2) is 0 Å². The van der Waals surface area contributed by atoms with Gasteiger partial charge in [-0.3, -0.25) is 0 Å². The molecule has 6 nitrogen and oxygen atoms in total. The molecule has 1 fully saturated rings. The van der Waals surface area contributed by atoms with E-state index in [2.05, 4.69) is 4.72 Å². The van der Waals surface area contributed by atoms with Crippen LogP contribution in [0.2, 0.25) is 0 Å². The van der Waals surface area contributed by atoms with Crippen LogP contribution in [0, 0.1) is 5.92 Å². The van der Waals surface area contributed by atoms with Gasteiger partial charge in [-0.15, -0.1) is 0 Å². The van der Waals surface area contributed by atoms with E-state index in [4.69, 9.17) is 9.47 Å². The number of carbonyl (C=O) groups excluding carboxylic acids is 1. The van der Waals surface area contributed by atoms with E-state index in [9.17, 15) is 13.2 Å². The van der Waals surface area contributed by atoms with E-state index >= 15 is 0 Å². The van der Waals surface area contributed by atoms with Gasteiger partial charge in [0.05, 0.1) is 23.7 Å². The monoisotopic (exact) mass is 327 g/mol. The van der Waals surface area contributed by atoms with Gasteiger partial charge in [-0.05, 0) is 49.9 Å². The Bertz CT molecular complexity index is 591. The molecule has 1 atom stereocenters. The molecular formula is C15H21NO5S. The van der Waals surface area contributed by atoms with E-state index in [0.717, 1.165) is 19.4 Å². The Balaban J connectivity index is 1.98. The maximum absolute atomic E-state index is 12.2. The molecule has 1 saturated heterocycles. The highest BCUT2D eigenvalue weighted by Gasteiger charge is 2.19. The number of sulfonamides is 1. The number of rotatable bonds is 6. The third-order valence-electron chi connectivity index (χ3n) is 3.49. The Morgan fingerprint density at radius 2 is 2.09 bits per heavy atom. The number of hydrogen-bond donors (Lipinski definition) is 1. The molecule has 0 amide bonds. The average molecular weight is 327 g/mol. The second-order valence-electron chi connectivity index (χ2n) is 5.18. The predicted molar refractivity (Wildman–Crippen MR) is 81.1 cm³/mol. The molecule has 1 aromatic rings. The average Bonchev–Trinajstić information content (AvgIpc) is 2.54. The highest BCUT2D eigenvalue weighted by Crippen LogP contribution is 2.15. The van der Waals surface area contributed by atoms with Crippen molar-refractivity contribution in [1.82, 2.24) is 4.72 Å². The lowest BCUT2D eigenvalue weighted by atomic mass is 10.0. The molecule has 0 radical (unpaired) electrons. The number of nitrogens with one attached hydrogen (secondary N) is 1. The number of carbonyl (C=O) groups is 1. The Labute approximate surface area is 130 Å². The third kappa shape index (κ3) is 4.53. The van der Waals surface area contributed by atoms with Crippen LogP contribution in [-0.2, 0) is 19.5 Å². The van der Waals surface area contributed by atoms with Crippen molar-refractivity contribution < 1.29 is 22.7 Å². The van der Waals surface area contributed by atoms with Gasteiger partial charge >= 0.3 is 5.97 Å². The van der Waals surface area contributed by atoms with Crippen molar-refractivity contribution in [3.05, 3.63) is 29.8 Å². The SMILES string of the molecule is CCOC(=O)c1ccc(S(=O)(=O)NCC2CCCOC2)cc1. The third-order valence-corrected chi connectivity index (χ3v) is 4.93. The summed E-state index contributed by atoms with van der Waals surface area (Å²) >= 11 is 0. The van der Waals surface area contributed by atoms with Gasteiger partial charge in [0, 0.05) is 13.2 Å². The summed E-state index contributed by atoms with van der Waals surface area (Å²) in [5.41, 5.74) is 0.335. The van der Waals surface area contributed by atoms with Crippen molar-refractivity contribution in [3.8, 4) is 0 Å². The molecule has 2 rings (SSSR count). The largest absolute Gasteiger partial charge is 0.462 e. The van der Waals surface area contributed by atoms with Gasteiger partial charge in [0.2, 0.25) is 10.0 Å². The summed E-state index contributed by atoms with van der Waals surface area (Å²) in [5, 5.41) is 0. The van der Waals surface area contributed by atoms with Crippen molar-refractivity contribution >= 4 is 16.0 Å². The minimum Gasteiger partial charge on any atom is -0.462 e. The molecule has 0 aromatic heterocycles.